The fourth-order valence-corrected chi connectivity index (χ4v) is 3.29. The second-order valence-electron chi connectivity index (χ2n) is 6.62. The van der Waals surface area contributed by atoms with Crippen LogP contribution in [0.1, 0.15) is 38.4 Å². The van der Waals surface area contributed by atoms with Crippen molar-refractivity contribution < 1.29 is 14.3 Å². The summed E-state index contributed by atoms with van der Waals surface area (Å²) in [5.74, 6) is 0.0813. The van der Waals surface area contributed by atoms with Crippen LogP contribution in [0, 0.1) is 0 Å². The topological polar surface area (TPSA) is 38.8 Å². The molecule has 2 saturated heterocycles. The van der Waals surface area contributed by atoms with Crippen LogP contribution in [0.4, 0.5) is 0 Å². The van der Waals surface area contributed by atoms with E-state index in [1.54, 1.807) is 0 Å². The molecule has 2 aliphatic heterocycles. The van der Waals surface area contributed by atoms with Gasteiger partial charge in [-0.15, -0.1) is 0 Å². The Hall–Kier alpha value is -1.10. The minimum absolute atomic E-state index is 0.0813. The number of rotatable bonds is 2. The standard InChI is InChI=1S/C17H22ClNO3/c1-17(2)11-22-15(12-5-3-6-13(18)9-12)10-19(17)16(20)14-7-4-8-21-14/h3,5-6,9,14-15H,4,7-8,10-11H2,1-2H3. The maximum absolute atomic E-state index is 12.8. The predicted octanol–water partition coefficient (Wildman–Crippen LogP) is 3.20. The van der Waals surface area contributed by atoms with Crippen LogP contribution < -0.4 is 0 Å². The van der Waals surface area contributed by atoms with Crippen LogP contribution in [-0.4, -0.2) is 42.2 Å². The van der Waals surface area contributed by atoms with Gasteiger partial charge in [-0.05, 0) is 44.4 Å². The molecular weight excluding hydrogens is 302 g/mol. The minimum atomic E-state index is -0.321. The van der Waals surface area contributed by atoms with Crippen LogP contribution >= 0.6 is 11.6 Å². The quantitative estimate of drug-likeness (QED) is 0.839. The summed E-state index contributed by atoms with van der Waals surface area (Å²) >= 11 is 6.07. The molecule has 3 rings (SSSR count). The fourth-order valence-electron chi connectivity index (χ4n) is 3.09. The molecule has 2 atom stereocenters. The van der Waals surface area contributed by atoms with Crippen molar-refractivity contribution in [1.29, 1.82) is 0 Å². The Morgan fingerprint density at radius 3 is 2.86 bits per heavy atom. The number of carbonyl (C=O) groups is 1. The first-order valence-electron chi connectivity index (χ1n) is 7.77. The van der Waals surface area contributed by atoms with E-state index in [-0.39, 0.29) is 23.7 Å². The molecule has 2 unspecified atom stereocenters. The monoisotopic (exact) mass is 323 g/mol. The SMILES string of the molecule is CC1(C)COC(c2cccc(Cl)c2)CN1C(=O)C1CCCO1. The molecule has 0 N–H and O–H groups in total. The minimum Gasteiger partial charge on any atom is -0.369 e. The van der Waals surface area contributed by atoms with E-state index in [4.69, 9.17) is 21.1 Å². The third-order valence-electron chi connectivity index (χ3n) is 4.41. The first-order valence-corrected chi connectivity index (χ1v) is 8.15. The zero-order valence-corrected chi connectivity index (χ0v) is 13.8. The molecule has 4 nitrogen and oxygen atoms in total. The highest BCUT2D eigenvalue weighted by Gasteiger charge is 2.41. The van der Waals surface area contributed by atoms with E-state index in [1.807, 2.05) is 43.0 Å². The third-order valence-corrected chi connectivity index (χ3v) is 4.64. The van der Waals surface area contributed by atoms with Crippen molar-refractivity contribution in [2.24, 2.45) is 0 Å². The second kappa shape index (κ2) is 6.19. The summed E-state index contributed by atoms with van der Waals surface area (Å²) in [6, 6.07) is 7.64. The molecule has 0 saturated carbocycles. The number of benzene rings is 1. The van der Waals surface area contributed by atoms with E-state index >= 15 is 0 Å². The highest BCUT2D eigenvalue weighted by atomic mass is 35.5. The molecule has 0 spiro atoms. The smallest absolute Gasteiger partial charge is 0.252 e. The fraction of sp³-hybridized carbons (Fsp3) is 0.588. The Morgan fingerprint density at radius 2 is 2.18 bits per heavy atom. The Balaban J connectivity index is 1.79. The van der Waals surface area contributed by atoms with Gasteiger partial charge in [-0.3, -0.25) is 4.79 Å². The zero-order chi connectivity index (χ0) is 15.7. The van der Waals surface area contributed by atoms with Crippen LogP contribution in [0.5, 0.6) is 0 Å². The summed E-state index contributed by atoms with van der Waals surface area (Å²) in [6.07, 6.45) is 1.34. The van der Waals surface area contributed by atoms with Gasteiger partial charge in [0.25, 0.3) is 5.91 Å². The van der Waals surface area contributed by atoms with Crippen molar-refractivity contribution in [3.63, 3.8) is 0 Å². The van der Waals surface area contributed by atoms with E-state index in [1.165, 1.54) is 0 Å². The van der Waals surface area contributed by atoms with Gasteiger partial charge in [-0.2, -0.15) is 0 Å². The highest BCUT2D eigenvalue weighted by Crippen LogP contribution is 2.32. The average molecular weight is 324 g/mol. The number of amides is 1. The van der Waals surface area contributed by atoms with Gasteiger partial charge in [0, 0.05) is 11.6 Å². The van der Waals surface area contributed by atoms with Crippen LogP contribution in [0.2, 0.25) is 5.02 Å². The number of nitrogens with zero attached hydrogens (tertiary/aromatic N) is 1. The zero-order valence-electron chi connectivity index (χ0n) is 13.0. The van der Waals surface area contributed by atoms with Crippen molar-refractivity contribution in [2.45, 2.75) is 44.4 Å². The van der Waals surface area contributed by atoms with Gasteiger partial charge in [0.05, 0.1) is 18.7 Å². The van der Waals surface area contributed by atoms with Crippen molar-refractivity contribution in [3.8, 4) is 0 Å². The van der Waals surface area contributed by atoms with Gasteiger partial charge in [-0.1, -0.05) is 23.7 Å². The Labute approximate surface area is 136 Å². The number of hydrogen-bond acceptors (Lipinski definition) is 3. The number of morpholine rings is 1. The first-order chi connectivity index (χ1) is 10.5. The third kappa shape index (κ3) is 3.14. The molecule has 1 aromatic rings. The summed E-state index contributed by atoms with van der Waals surface area (Å²) in [5, 5.41) is 0.683. The lowest BCUT2D eigenvalue weighted by atomic mass is 9.97. The summed E-state index contributed by atoms with van der Waals surface area (Å²) in [5.41, 5.74) is 0.686. The van der Waals surface area contributed by atoms with Crippen LogP contribution in [-0.2, 0) is 14.3 Å². The number of hydrogen-bond donors (Lipinski definition) is 0. The van der Waals surface area contributed by atoms with Crippen LogP contribution in [0.25, 0.3) is 0 Å². The molecule has 0 aromatic heterocycles. The van der Waals surface area contributed by atoms with E-state index in [9.17, 15) is 4.79 Å². The molecule has 0 radical (unpaired) electrons. The summed E-state index contributed by atoms with van der Waals surface area (Å²) < 4.78 is 11.6. The Kier molecular flexibility index (Phi) is 4.44. The molecule has 2 heterocycles. The molecule has 120 valence electrons. The normalized spacial score (nSPS) is 27.9. The molecular formula is C17H22ClNO3. The van der Waals surface area contributed by atoms with Gasteiger partial charge in [0.15, 0.2) is 0 Å². The van der Waals surface area contributed by atoms with Crippen molar-refractivity contribution in [1.82, 2.24) is 4.90 Å². The molecule has 0 bridgehead atoms. The van der Waals surface area contributed by atoms with Crippen molar-refractivity contribution in [3.05, 3.63) is 34.9 Å². The number of halogens is 1. The summed E-state index contributed by atoms with van der Waals surface area (Å²) in [7, 11) is 0. The van der Waals surface area contributed by atoms with E-state index in [0.29, 0.717) is 24.8 Å². The lowest BCUT2D eigenvalue weighted by molar-refractivity contribution is -0.163. The molecule has 2 aliphatic rings. The molecule has 2 fully saturated rings. The van der Waals surface area contributed by atoms with Gasteiger partial charge >= 0.3 is 0 Å². The molecule has 1 aromatic carbocycles. The van der Waals surface area contributed by atoms with E-state index in [2.05, 4.69) is 0 Å². The van der Waals surface area contributed by atoms with Gasteiger partial charge in [0.1, 0.15) is 12.2 Å². The second-order valence-corrected chi connectivity index (χ2v) is 7.05. The van der Waals surface area contributed by atoms with Crippen molar-refractivity contribution >= 4 is 17.5 Å². The Morgan fingerprint density at radius 1 is 1.36 bits per heavy atom. The lowest BCUT2D eigenvalue weighted by Crippen LogP contribution is -2.58. The average Bonchev–Trinajstić information content (AvgIpc) is 3.00. The van der Waals surface area contributed by atoms with Crippen LogP contribution in [0.3, 0.4) is 0 Å². The molecule has 5 heteroatoms. The molecule has 0 aliphatic carbocycles. The van der Waals surface area contributed by atoms with E-state index in [0.717, 1.165) is 18.4 Å². The van der Waals surface area contributed by atoms with Crippen molar-refractivity contribution in [2.75, 3.05) is 19.8 Å². The van der Waals surface area contributed by atoms with E-state index < -0.39 is 0 Å². The molecule has 1 amide bonds. The van der Waals surface area contributed by atoms with Crippen LogP contribution in [0.15, 0.2) is 24.3 Å². The summed E-state index contributed by atoms with van der Waals surface area (Å²) in [6.45, 7) is 5.79. The van der Waals surface area contributed by atoms with Gasteiger partial charge in [-0.25, -0.2) is 0 Å². The predicted molar refractivity (Wildman–Crippen MR) is 84.9 cm³/mol. The largest absolute Gasteiger partial charge is 0.369 e. The number of ether oxygens (including phenoxy) is 2. The highest BCUT2D eigenvalue weighted by molar-refractivity contribution is 6.30. The lowest BCUT2D eigenvalue weighted by Gasteiger charge is -2.46. The maximum atomic E-state index is 12.8. The Bertz CT molecular complexity index is 555. The molecule has 22 heavy (non-hydrogen) atoms. The first kappa shape index (κ1) is 15.8. The van der Waals surface area contributed by atoms with Gasteiger partial charge in [0.2, 0.25) is 0 Å². The maximum Gasteiger partial charge on any atom is 0.252 e. The number of carbonyl (C=O) groups excluding carboxylic acids is 1. The van der Waals surface area contributed by atoms with Gasteiger partial charge < -0.3 is 14.4 Å². The summed E-state index contributed by atoms with van der Waals surface area (Å²) in [4.78, 5) is 14.7.